The molecule has 2 saturated heterocycles. The number of carbonyl (C=O) groups is 4. The van der Waals surface area contributed by atoms with Crippen molar-refractivity contribution in [2.45, 2.75) is 124 Å². The second kappa shape index (κ2) is 20.4. The first-order valence-electron chi connectivity index (χ1n) is 24.3. The van der Waals surface area contributed by atoms with Gasteiger partial charge in [0.1, 0.15) is 36.6 Å². The third-order valence-corrected chi connectivity index (χ3v) is 15.8. The average Bonchev–Trinajstić information content (AvgIpc) is 4.01. The first-order valence-corrected chi connectivity index (χ1v) is 25.5. The molecule has 1 aliphatic carbocycles. The molecule has 4 atom stereocenters. The number of aryl methyl sites for hydroxylation is 1. The zero-order chi connectivity index (χ0) is 51.2. The average molecular weight is 1000 g/mol. The fraction of sp³-hybridized carbons (Fsp3) is 0.491. The van der Waals surface area contributed by atoms with E-state index < -0.39 is 35.4 Å². The molecule has 0 radical (unpaired) electrons. The van der Waals surface area contributed by atoms with E-state index in [2.05, 4.69) is 66.1 Å². The number of hydrogen-bond acceptors (Lipinski definition) is 11. The maximum absolute atomic E-state index is 14.1. The summed E-state index contributed by atoms with van der Waals surface area (Å²) in [6.07, 6.45) is -0.495. The van der Waals surface area contributed by atoms with E-state index in [-0.39, 0.29) is 66.5 Å². The van der Waals surface area contributed by atoms with Gasteiger partial charge in [-0.25, -0.2) is 4.98 Å². The van der Waals surface area contributed by atoms with E-state index in [9.17, 15) is 29.5 Å². The number of ether oxygens (including phenoxy) is 2. The third kappa shape index (κ3) is 10.7. The first-order chi connectivity index (χ1) is 33.6. The molecule has 374 valence electrons. The highest BCUT2D eigenvalue weighted by molar-refractivity contribution is 7.13. The van der Waals surface area contributed by atoms with Gasteiger partial charge in [0.25, 0.3) is 5.91 Å². The van der Waals surface area contributed by atoms with E-state index in [1.54, 1.807) is 29.5 Å². The lowest BCUT2D eigenvalue weighted by Crippen LogP contribution is -2.74. The minimum absolute atomic E-state index is 0.00445. The molecule has 0 spiro atoms. The summed E-state index contributed by atoms with van der Waals surface area (Å²) in [5.41, 5.74) is 6.19. The minimum Gasteiger partial charge on any atom is -0.489 e. The summed E-state index contributed by atoms with van der Waals surface area (Å²) in [5.74, 6) is 5.92. The summed E-state index contributed by atoms with van der Waals surface area (Å²) in [7, 11) is 0. The molecule has 4 heterocycles. The number of halogens is 1. The minimum atomic E-state index is -0.960. The number of aliphatic hydroxyl groups excluding tert-OH is 1. The third-order valence-electron chi connectivity index (χ3n) is 14.5. The molecule has 14 nitrogen and oxygen atoms in total. The monoisotopic (exact) mass is 1000 g/mol. The van der Waals surface area contributed by atoms with Crippen molar-refractivity contribution >= 4 is 46.6 Å². The number of β-amino-alcohol motifs (C(OH)–C–C–N with tert-alkyl or cyclic N) is 1. The van der Waals surface area contributed by atoms with Crippen LogP contribution >= 0.6 is 22.9 Å². The molecule has 8 rings (SSSR count). The lowest BCUT2D eigenvalue weighted by Gasteiger charge is -2.65. The molecule has 4 aliphatic rings. The normalized spacial score (nSPS) is 22.3. The van der Waals surface area contributed by atoms with Gasteiger partial charge in [-0.1, -0.05) is 96.2 Å². The van der Waals surface area contributed by atoms with Gasteiger partial charge in [-0.05, 0) is 66.3 Å². The second-order valence-corrected chi connectivity index (χ2v) is 23.0. The van der Waals surface area contributed by atoms with Crippen molar-refractivity contribution in [1.29, 1.82) is 5.26 Å². The van der Waals surface area contributed by atoms with Crippen molar-refractivity contribution in [2.24, 2.45) is 16.2 Å². The molecule has 0 unspecified atom stereocenters. The number of amides is 4. The summed E-state index contributed by atoms with van der Waals surface area (Å²) in [6, 6.07) is 18.6. The van der Waals surface area contributed by atoms with E-state index >= 15 is 0 Å². The Kier molecular flexibility index (Phi) is 14.8. The molecule has 4 aromatic rings. The quantitative estimate of drug-likeness (QED) is 0.109. The standard InChI is InChI=1S/C55H64ClN7O7S/c1-32(35-14-16-36(17-15-35)46-33(2)58-31-71-46)59-48(66)44-23-39(64)27-62(44)50(68)47(53(3,4)5)60-45(65)30-69-41-28-61(29-41)21-11-10-12-34-13-20-42-38(22-34)26-63(49(42)67)51-54(6,7)52(55(51,8)9)70-40-19-18-37(25-57)43(56)24-40/h13-20,22,24,31-32,39,41,44,47,51-52,64H,11,21,23,26-30H2,1-9H3,(H,59,66)(H,60,65)/t32-,39+,44-,47+,51-,52-/m0/s1. The van der Waals surface area contributed by atoms with Crippen LogP contribution in [0.4, 0.5) is 0 Å². The number of aromatic nitrogens is 1. The van der Waals surface area contributed by atoms with Crippen molar-refractivity contribution < 1.29 is 33.8 Å². The molecular formula is C55H64ClN7O7S. The van der Waals surface area contributed by atoms with Gasteiger partial charge >= 0.3 is 0 Å². The first kappa shape index (κ1) is 51.5. The number of carbonyl (C=O) groups excluding carboxylic acids is 4. The van der Waals surface area contributed by atoms with Gasteiger partial charge in [0, 0.05) is 79.6 Å². The molecule has 0 bridgehead atoms. The largest absolute Gasteiger partial charge is 0.489 e. The Morgan fingerprint density at radius 2 is 1.73 bits per heavy atom. The lowest BCUT2D eigenvalue weighted by molar-refractivity contribution is -0.199. The highest BCUT2D eigenvalue weighted by atomic mass is 35.5. The number of benzene rings is 3. The number of aliphatic hydroxyl groups is 1. The number of nitrogens with zero attached hydrogens (tertiary/aromatic N) is 5. The van der Waals surface area contributed by atoms with E-state index in [0.717, 1.165) is 39.4 Å². The summed E-state index contributed by atoms with van der Waals surface area (Å²) in [6.45, 7) is 20.2. The Morgan fingerprint density at radius 1 is 1.01 bits per heavy atom. The van der Waals surface area contributed by atoms with Gasteiger partial charge in [-0.15, -0.1) is 11.3 Å². The van der Waals surface area contributed by atoms with Crippen LogP contribution in [0.15, 0.2) is 66.2 Å². The van der Waals surface area contributed by atoms with Gasteiger partial charge in [0.2, 0.25) is 17.7 Å². The maximum atomic E-state index is 14.1. The number of nitriles is 1. The molecule has 3 N–H and O–H groups in total. The molecule has 1 aromatic heterocycles. The molecule has 4 amide bonds. The summed E-state index contributed by atoms with van der Waals surface area (Å²) < 4.78 is 12.4. The molecule has 71 heavy (non-hydrogen) atoms. The summed E-state index contributed by atoms with van der Waals surface area (Å²) in [4.78, 5) is 65.9. The Labute approximate surface area is 426 Å². The van der Waals surface area contributed by atoms with Crippen LogP contribution in [0, 0.1) is 46.3 Å². The maximum Gasteiger partial charge on any atom is 0.254 e. The Bertz CT molecular complexity index is 2780. The molecule has 3 fully saturated rings. The smallest absolute Gasteiger partial charge is 0.254 e. The number of rotatable bonds is 14. The molecular weight excluding hydrogens is 938 g/mol. The van der Waals surface area contributed by atoms with Crippen LogP contribution in [0.5, 0.6) is 5.75 Å². The Balaban J connectivity index is 0.775. The fourth-order valence-electron chi connectivity index (χ4n) is 11.2. The van der Waals surface area contributed by atoms with Crippen molar-refractivity contribution in [1.82, 2.24) is 30.3 Å². The van der Waals surface area contributed by atoms with Crippen molar-refractivity contribution in [3.8, 4) is 34.1 Å². The predicted molar refractivity (Wildman–Crippen MR) is 272 cm³/mol. The van der Waals surface area contributed by atoms with E-state index in [4.69, 9.17) is 21.1 Å². The molecule has 16 heteroatoms. The number of hydrogen-bond donors (Lipinski definition) is 3. The van der Waals surface area contributed by atoms with Crippen molar-refractivity contribution in [3.05, 3.63) is 105 Å². The van der Waals surface area contributed by atoms with E-state index in [0.29, 0.717) is 48.0 Å². The Hall–Kier alpha value is -5.81. The van der Waals surface area contributed by atoms with Crippen LogP contribution in [-0.4, -0.2) is 118 Å². The van der Waals surface area contributed by atoms with Crippen LogP contribution < -0.4 is 15.4 Å². The molecule has 3 aliphatic heterocycles. The van der Waals surface area contributed by atoms with Gasteiger partial charge < -0.3 is 35.0 Å². The SMILES string of the molecule is Cc1ncsc1-c1ccc([C@H](C)NC(=O)[C@@H]2C[C@@H](O)CN2C(=O)[C@@H](NC(=O)COC2CN(CCC#Cc3ccc4c(c3)CN([C@H]3C(C)(C)[C@H](Oc5ccc(C#N)c(Cl)c5)C3(C)C)C4=O)C2)C(C)(C)C)cc1. The van der Waals surface area contributed by atoms with Crippen molar-refractivity contribution in [2.75, 3.05) is 32.8 Å². The molecule has 3 aromatic carbocycles. The van der Waals surface area contributed by atoms with Crippen molar-refractivity contribution in [3.63, 3.8) is 0 Å². The van der Waals surface area contributed by atoms with Gasteiger partial charge in [0.15, 0.2) is 0 Å². The fourth-order valence-corrected chi connectivity index (χ4v) is 12.3. The zero-order valence-corrected chi connectivity index (χ0v) is 43.5. The topological polar surface area (TPSA) is 177 Å². The highest BCUT2D eigenvalue weighted by Gasteiger charge is 2.67. The predicted octanol–water partition coefficient (Wildman–Crippen LogP) is 7.29. The lowest BCUT2D eigenvalue weighted by atomic mass is 9.49. The van der Waals surface area contributed by atoms with Crippen LogP contribution in [0.25, 0.3) is 10.4 Å². The Morgan fingerprint density at radius 3 is 2.38 bits per heavy atom. The molecule has 1 saturated carbocycles. The van der Waals surface area contributed by atoms with Crippen LogP contribution in [0.2, 0.25) is 5.02 Å². The van der Waals surface area contributed by atoms with Crippen LogP contribution in [0.3, 0.4) is 0 Å². The zero-order valence-electron chi connectivity index (χ0n) is 42.0. The highest BCUT2D eigenvalue weighted by Crippen LogP contribution is 2.59. The number of likely N-dealkylation sites (tertiary alicyclic amines) is 2. The van der Waals surface area contributed by atoms with Gasteiger partial charge in [-0.3, -0.25) is 24.1 Å². The number of thiazole rings is 1. The summed E-state index contributed by atoms with van der Waals surface area (Å²) >= 11 is 7.87. The number of nitrogens with one attached hydrogen (secondary N) is 2. The van der Waals surface area contributed by atoms with Crippen LogP contribution in [-0.2, 0) is 25.7 Å². The van der Waals surface area contributed by atoms with Crippen LogP contribution in [0.1, 0.15) is 113 Å². The summed E-state index contributed by atoms with van der Waals surface area (Å²) in [5, 5.41) is 26.2. The van der Waals surface area contributed by atoms with Gasteiger partial charge in [-0.2, -0.15) is 5.26 Å². The second-order valence-electron chi connectivity index (χ2n) is 21.7. The van der Waals surface area contributed by atoms with E-state index in [1.165, 1.54) is 4.90 Å². The van der Waals surface area contributed by atoms with Gasteiger partial charge in [0.05, 0.1) is 44.9 Å². The number of fused-ring (bicyclic) bond motifs is 1. The van der Waals surface area contributed by atoms with E-state index in [1.807, 2.05) is 87.5 Å².